The van der Waals surface area contributed by atoms with Gasteiger partial charge in [-0.25, -0.2) is 9.78 Å². The van der Waals surface area contributed by atoms with E-state index in [0.717, 1.165) is 22.4 Å². The molecule has 0 aliphatic carbocycles. The molecular weight excluding hydrogens is 264 g/mol. The number of ether oxygens (including phenoxy) is 1. The van der Waals surface area contributed by atoms with Gasteiger partial charge in [0.05, 0.1) is 23.2 Å². The molecule has 0 aliphatic rings. The van der Waals surface area contributed by atoms with Crippen LogP contribution in [0.2, 0.25) is 0 Å². The van der Waals surface area contributed by atoms with E-state index in [4.69, 9.17) is 4.74 Å². The molecule has 0 amide bonds. The zero-order valence-corrected chi connectivity index (χ0v) is 11.8. The average molecular weight is 280 g/mol. The number of fused-ring (bicyclic) bond motifs is 1. The first kappa shape index (κ1) is 13.4. The predicted octanol–water partition coefficient (Wildman–Crippen LogP) is 3.33. The first-order valence-electron chi connectivity index (χ1n) is 6.96. The Labute approximate surface area is 122 Å². The van der Waals surface area contributed by atoms with Crippen LogP contribution in [-0.2, 0) is 11.2 Å². The van der Waals surface area contributed by atoms with Gasteiger partial charge in [-0.15, -0.1) is 0 Å². The van der Waals surface area contributed by atoms with Gasteiger partial charge in [-0.3, -0.25) is 0 Å². The number of nitrogens with zero attached hydrogens (tertiary/aromatic N) is 1. The third kappa shape index (κ3) is 2.94. The topological polar surface area (TPSA) is 55.0 Å². The Morgan fingerprint density at radius 1 is 1.19 bits per heavy atom. The second-order valence-electron chi connectivity index (χ2n) is 4.80. The van der Waals surface area contributed by atoms with Gasteiger partial charge in [0.1, 0.15) is 5.82 Å². The molecule has 1 N–H and O–H groups in total. The lowest BCUT2D eigenvalue weighted by atomic mass is 10.1. The van der Waals surface area contributed by atoms with Crippen LogP contribution in [0.25, 0.3) is 11.0 Å². The molecule has 3 aromatic rings. The van der Waals surface area contributed by atoms with Gasteiger partial charge in [-0.1, -0.05) is 24.3 Å². The van der Waals surface area contributed by atoms with Crippen molar-refractivity contribution < 1.29 is 9.53 Å². The number of aromatic amines is 1. The summed E-state index contributed by atoms with van der Waals surface area (Å²) >= 11 is 0. The van der Waals surface area contributed by atoms with Crippen LogP contribution in [0.3, 0.4) is 0 Å². The third-order valence-corrected chi connectivity index (χ3v) is 3.25. The van der Waals surface area contributed by atoms with E-state index in [0.29, 0.717) is 18.6 Å². The van der Waals surface area contributed by atoms with Crippen molar-refractivity contribution >= 4 is 17.0 Å². The largest absolute Gasteiger partial charge is 0.462 e. The molecule has 0 fully saturated rings. The molecule has 0 spiro atoms. The molecule has 21 heavy (non-hydrogen) atoms. The van der Waals surface area contributed by atoms with E-state index in [1.165, 1.54) is 0 Å². The summed E-state index contributed by atoms with van der Waals surface area (Å²) in [5.41, 5.74) is 3.58. The number of hydrogen-bond acceptors (Lipinski definition) is 3. The van der Waals surface area contributed by atoms with Gasteiger partial charge in [0.2, 0.25) is 0 Å². The molecule has 106 valence electrons. The smallest absolute Gasteiger partial charge is 0.338 e. The molecule has 1 aromatic heterocycles. The average Bonchev–Trinajstić information content (AvgIpc) is 2.90. The summed E-state index contributed by atoms with van der Waals surface area (Å²) in [6.07, 6.45) is 0.655. The maximum absolute atomic E-state index is 11.7. The molecular formula is C17H16N2O2. The minimum Gasteiger partial charge on any atom is -0.462 e. The molecule has 3 rings (SSSR count). The van der Waals surface area contributed by atoms with E-state index >= 15 is 0 Å². The number of hydrogen-bond donors (Lipinski definition) is 1. The van der Waals surface area contributed by atoms with Crippen molar-refractivity contribution in [1.82, 2.24) is 9.97 Å². The summed E-state index contributed by atoms with van der Waals surface area (Å²) in [6.45, 7) is 2.18. The van der Waals surface area contributed by atoms with E-state index in [9.17, 15) is 4.79 Å². The SMILES string of the molecule is CCOC(=O)c1cccc(Cc2nc3ccccc3[nH]2)c1. The first-order chi connectivity index (χ1) is 10.3. The van der Waals surface area contributed by atoms with Crippen LogP contribution in [-0.4, -0.2) is 22.5 Å². The fourth-order valence-electron chi connectivity index (χ4n) is 2.31. The molecule has 0 saturated heterocycles. The standard InChI is InChI=1S/C17H16N2O2/c1-2-21-17(20)13-7-5-6-12(10-13)11-16-18-14-8-3-4-9-15(14)19-16/h3-10H,2,11H2,1H3,(H,18,19). The van der Waals surface area contributed by atoms with Crippen molar-refractivity contribution in [3.05, 3.63) is 65.5 Å². The minimum atomic E-state index is -0.288. The minimum absolute atomic E-state index is 0.288. The Morgan fingerprint density at radius 3 is 2.86 bits per heavy atom. The second kappa shape index (κ2) is 5.79. The van der Waals surface area contributed by atoms with Crippen molar-refractivity contribution in [2.45, 2.75) is 13.3 Å². The Kier molecular flexibility index (Phi) is 3.69. The lowest BCUT2D eigenvalue weighted by Gasteiger charge is -2.04. The third-order valence-electron chi connectivity index (χ3n) is 3.25. The Bertz CT molecular complexity index is 744. The van der Waals surface area contributed by atoms with Gasteiger partial charge in [-0.2, -0.15) is 0 Å². The number of H-pyrrole nitrogens is 1. The summed E-state index contributed by atoms with van der Waals surface area (Å²) in [6, 6.07) is 15.4. The molecule has 0 atom stereocenters. The van der Waals surface area contributed by atoms with E-state index in [2.05, 4.69) is 9.97 Å². The number of imidazole rings is 1. The maximum atomic E-state index is 11.7. The Hall–Kier alpha value is -2.62. The number of nitrogens with one attached hydrogen (secondary N) is 1. The van der Waals surface area contributed by atoms with Gasteiger partial charge in [0.15, 0.2) is 0 Å². The highest BCUT2D eigenvalue weighted by atomic mass is 16.5. The number of carbonyl (C=O) groups excluding carboxylic acids is 1. The van der Waals surface area contributed by atoms with E-state index in [-0.39, 0.29) is 5.97 Å². The normalized spacial score (nSPS) is 10.7. The molecule has 4 nitrogen and oxygen atoms in total. The number of rotatable bonds is 4. The molecule has 0 bridgehead atoms. The molecule has 0 aliphatic heterocycles. The Morgan fingerprint density at radius 2 is 2.05 bits per heavy atom. The first-order valence-corrected chi connectivity index (χ1v) is 6.96. The highest BCUT2D eigenvalue weighted by Crippen LogP contribution is 2.15. The number of benzene rings is 2. The summed E-state index contributed by atoms with van der Waals surface area (Å²) in [4.78, 5) is 19.6. The summed E-state index contributed by atoms with van der Waals surface area (Å²) in [5.74, 6) is 0.598. The van der Waals surface area contributed by atoms with Crippen molar-refractivity contribution in [1.29, 1.82) is 0 Å². The quantitative estimate of drug-likeness (QED) is 0.746. The second-order valence-corrected chi connectivity index (χ2v) is 4.80. The van der Waals surface area contributed by atoms with Gasteiger partial charge in [-0.05, 0) is 36.8 Å². The lowest BCUT2D eigenvalue weighted by molar-refractivity contribution is 0.0526. The van der Waals surface area contributed by atoms with Crippen LogP contribution in [0.15, 0.2) is 48.5 Å². The Balaban J connectivity index is 1.84. The monoisotopic (exact) mass is 280 g/mol. The predicted molar refractivity (Wildman–Crippen MR) is 81.3 cm³/mol. The van der Waals surface area contributed by atoms with Crippen LogP contribution in [0.1, 0.15) is 28.7 Å². The molecule has 1 heterocycles. The molecule has 0 radical (unpaired) electrons. The number of aromatic nitrogens is 2. The van der Waals surface area contributed by atoms with Crippen molar-refractivity contribution in [2.24, 2.45) is 0 Å². The fourth-order valence-corrected chi connectivity index (χ4v) is 2.31. The van der Waals surface area contributed by atoms with Gasteiger partial charge >= 0.3 is 5.97 Å². The van der Waals surface area contributed by atoms with Crippen molar-refractivity contribution in [3.8, 4) is 0 Å². The zero-order valence-electron chi connectivity index (χ0n) is 11.8. The molecule has 4 heteroatoms. The van der Waals surface area contributed by atoms with E-state index in [1.807, 2.05) is 42.5 Å². The maximum Gasteiger partial charge on any atom is 0.338 e. The van der Waals surface area contributed by atoms with E-state index < -0.39 is 0 Å². The summed E-state index contributed by atoms with van der Waals surface area (Å²) in [7, 11) is 0. The summed E-state index contributed by atoms with van der Waals surface area (Å²) in [5, 5.41) is 0. The summed E-state index contributed by atoms with van der Waals surface area (Å²) < 4.78 is 5.02. The number of para-hydroxylation sites is 2. The van der Waals surface area contributed by atoms with Crippen LogP contribution in [0.5, 0.6) is 0 Å². The van der Waals surface area contributed by atoms with Gasteiger partial charge in [0.25, 0.3) is 0 Å². The zero-order chi connectivity index (χ0) is 14.7. The number of carbonyl (C=O) groups is 1. The lowest BCUT2D eigenvalue weighted by Crippen LogP contribution is -2.05. The van der Waals surface area contributed by atoms with Crippen LogP contribution >= 0.6 is 0 Å². The van der Waals surface area contributed by atoms with E-state index in [1.54, 1.807) is 13.0 Å². The van der Waals surface area contributed by atoms with Gasteiger partial charge < -0.3 is 9.72 Å². The fraction of sp³-hybridized carbons (Fsp3) is 0.176. The van der Waals surface area contributed by atoms with Crippen molar-refractivity contribution in [2.75, 3.05) is 6.61 Å². The molecule has 2 aromatic carbocycles. The molecule has 0 saturated carbocycles. The highest BCUT2D eigenvalue weighted by Gasteiger charge is 2.08. The van der Waals surface area contributed by atoms with Gasteiger partial charge in [0, 0.05) is 6.42 Å². The van der Waals surface area contributed by atoms with Crippen molar-refractivity contribution in [3.63, 3.8) is 0 Å². The molecule has 0 unspecified atom stereocenters. The van der Waals surface area contributed by atoms with Crippen LogP contribution in [0.4, 0.5) is 0 Å². The van der Waals surface area contributed by atoms with Crippen LogP contribution in [0, 0.1) is 0 Å². The highest BCUT2D eigenvalue weighted by molar-refractivity contribution is 5.89. The van der Waals surface area contributed by atoms with Crippen LogP contribution < -0.4 is 0 Å². The number of esters is 1.